The number of unbranched alkanes of at least 4 members (excludes halogenated alkanes) is 2. The second-order valence-corrected chi connectivity index (χ2v) is 13.2. The number of nitrogens with one attached hydrogen (secondary N) is 2. The van der Waals surface area contributed by atoms with Crippen LogP contribution >= 0.6 is 11.3 Å². The molecule has 9 nitrogen and oxygen atoms in total. The quantitative estimate of drug-likeness (QED) is 0.232. The van der Waals surface area contributed by atoms with Crippen LogP contribution in [-0.2, 0) is 26.0 Å². The summed E-state index contributed by atoms with van der Waals surface area (Å²) < 4.78 is 29.7. The van der Waals surface area contributed by atoms with E-state index in [1.165, 1.54) is 22.6 Å². The third-order valence-corrected chi connectivity index (χ3v) is 9.39. The lowest BCUT2D eigenvalue weighted by Crippen LogP contribution is -2.56. The van der Waals surface area contributed by atoms with Crippen LogP contribution in [-0.4, -0.2) is 65.9 Å². The van der Waals surface area contributed by atoms with Crippen LogP contribution in [0.2, 0.25) is 0 Å². The van der Waals surface area contributed by atoms with E-state index in [2.05, 4.69) is 15.6 Å². The van der Waals surface area contributed by atoms with Crippen LogP contribution in [0.15, 0.2) is 58.9 Å². The molecule has 0 aliphatic carbocycles. The summed E-state index contributed by atoms with van der Waals surface area (Å²) in [4.78, 5) is 29.4. The lowest BCUT2D eigenvalue weighted by Gasteiger charge is -2.31. The number of aliphatic hydroxyl groups is 1. The highest BCUT2D eigenvalue weighted by atomic mass is 32.2. The molecule has 0 spiro atoms. The van der Waals surface area contributed by atoms with Gasteiger partial charge in [-0.3, -0.25) is 9.59 Å². The molecule has 3 atom stereocenters. The number of thiazole rings is 1. The van der Waals surface area contributed by atoms with Crippen LogP contribution < -0.4 is 10.6 Å². The number of benzene rings is 2. The van der Waals surface area contributed by atoms with Gasteiger partial charge < -0.3 is 15.7 Å². The molecule has 0 radical (unpaired) electrons. The van der Waals surface area contributed by atoms with E-state index in [1.54, 1.807) is 23.7 Å². The summed E-state index contributed by atoms with van der Waals surface area (Å²) in [6, 6.07) is 12.6. The van der Waals surface area contributed by atoms with E-state index < -0.39 is 34.1 Å². The number of fused-ring (bicyclic) bond motifs is 1. The Morgan fingerprint density at radius 1 is 1.07 bits per heavy atom. The Bertz CT molecular complexity index is 1360. The average Bonchev–Trinajstić information content (AvgIpc) is 3.39. The van der Waals surface area contributed by atoms with E-state index in [0.717, 1.165) is 28.6 Å². The van der Waals surface area contributed by atoms with Gasteiger partial charge in [0, 0.05) is 20.0 Å². The van der Waals surface area contributed by atoms with Gasteiger partial charge in [-0.05, 0) is 42.5 Å². The number of amides is 2. The normalized spacial score (nSPS) is 14.3. The molecule has 0 aliphatic rings. The zero-order valence-corrected chi connectivity index (χ0v) is 25.2. The summed E-state index contributed by atoms with van der Waals surface area (Å²) in [5.41, 5.74) is 3.28. The van der Waals surface area contributed by atoms with E-state index in [4.69, 9.17) is 0 Å². The van der Waals surface area contributed by atoms with Crippen LogP contribution in [0.5, 0.6) is 0 Å². The van der Waals surface area contributed by atoms with Crippen LogP contribution in [0.1, 0.15) is 52.5 Å². The number of hydrogen-bond donors (Lipinski definition) is 3. The number of aromatic nitrogens is 1. The van der Waals surface area contributed by atoms with E-state index in [0.29, 0.717) is 6.42 Å². The molecule has 0 saturated carbocycles. The van der Waals surface area contributed by atoms with Gasteiger partial charge in [0.25, 0.3) is 0 Å². The Hall–Kier alpha value is -2.86. The molecule has 3 rings (SSSR count). The average molecular weight is 589 g/mol. The fraction of sp³-hybridized carbons (Fsp3) is 0.483. The molecular formula is C29H40N4O5S2. The molecule has 218 valence electrons. The van der Waals surface area contributed by atoms with E-state index >= 15 is 0 Å². The fourth-order valence-corrected chi connectivity index (χ4v) is 6.82. The van der Waals surface area contributed by atoms with Gasteiger partial charge in [-0.2, -0.15) is 4.31 Å². The molecule has 11 heteroatoms. The molecule has 0 aliphatic heterocycles. The first kappa shape index (κ1) is 31.7. The first-order chi connectivity index (χ1) is 19.0. The van der Waals surface area contributed by atoms with E-state index in [1.807, 2.05) is 51.1 Å². The first-order valence-electron chi connectivity index (χ1n) is 13.7. The van der Waals surface area contributed by atoms with Crippen molar-refractivity contribution in [1.82, 2.24) is 19.9 Å². The zero-order valence-electron chi connectivity index (χ0n) is 23.5. The molecule has 2 aromatic carbocycles. The van der Waals surface area contributed by atoms with Gasteiger partial charge in [0.05, 0.1) is 32.8 Å². The van der Waals surface area contributed by atoms with Crippen LogP contribution in [0.25, 0.3) is 10.2 Å². The maximum atomic E-state index is 13.8. The summed E-state index contributed by atoms with van der Waals surface area (Å²) in [6.45, 7) is 7.08. The Balaban J connectivity index is 1.90. The van der Waals surface area contributed by atoms with Crippen molar-refractivity contribution < 1.29 is 23.1 Å². The second-order valence-electron chi connectivity index (χ2n) is 10.3. The second kappa shape index (κ2) is 14.7. The van der Waals surface area contributed by atoms with Gasteiger partial charge in [-0.15, -0.1) is 11.3 Å². The minimum Gasteiger partial charge on any atom is -0.390 e. The van der Waals surface area contributed by atoms with Gasteiger partial charge in [-0.1, -0.05) is 63.9 Å². The summed E-state index contributed by atoms with van der Waals surface area (Å²) in [5, 5.41) is 17.1. The Labute approximate surface area is 241 Å². The molecule has 0 fully saturated rings. The van der Waals surface area contributed by atoms with E-state index in [-0.39, 0.29) is 36.2 Å². The minimum atomic E-state index is -3.94. The predicted octanol–water partition coefficient (Wildman–Crippen LogP) is 3.73. The first-order valence-corrected chi connectivity index (χ1v) is 16.0. The van der Waals surface area contributed by atoms with Gasteiger partial charge in [-0.25, -0.2) is 13.4 Å². The molecule has 1 heterocycles. The predicted molar refractivity (Wildman–Crippen MR) is 158 cm³/mol. The topological polar surface area (TPSA) is 129 Å². The Morgan fingerprint density at radius 2 is 1.80 bits per heavy atom. The van der Waals surface area contributed by atoms with Crippen molar-refractivity contribution in [3.63, 3.8) is 0 Å². The number of rotatable bonds is 15. The number of hydrogen-bond acceptors (Lipinski definition) is 7. The minimum absolute atomic E-state index is 0.141. The zero-order chi connectivity index (χ0) is 29.3. The standard InChI is InChI=1S/C29H40N4O5S2/c1-5-6-10-15-33(40(37,38)23-13-14-24-27(17-23)39-19-30-24)18-26(35)25(16-22-11-8-7-9-12-22)32-29(36)28(20(2)3)31-21(4)34/h7-9,11-14,17,19-20,25-26,28,35H,5-6,10,15-16,18H2,1-4H3,(H,31,34)(H,32,36)/t25-,26+,28-/m0/s1. The van der Waals surface area contributed by atoms with Gasteiger partial charge in [0.15, 0.2) is 0 Å². The van der Waals surface area contributed by atoms with Crippen molar-refractivity contribution in [2.75, 3.05) is 13.1 Å². The van der Waals surface area contributed by atoms with Crippen molar-refractivity contribution in [3.8, 4) is 0 Å². The summed E-state index contributed by atoms with van der Waals surface area (Å²) in [5.74, 6) is -0.952. The smallest absolute Gasteiger partial charge is 0.243 e. The van der Waals surface area contributed by atoms with Crippen LogP contribution in [0.4, 0.5) is 0 Å². The lowest BCUT2D eigenvalue weighted by atomic mass is 9.98. The summed E-state index contributed by atoms with van der Waals surface area (Å²) in [6.07, 6.45) is 1.47. The lowest BCUT2D eigenvalue weighted by molar-refractivity contribution is -0.130. The number of nitrogens with zero attached hydrogens (tertiary/aromatic N) is 2. The number of aliphatic hydroxyl groups excluding tert-OH is 1. The fourth-order valence-electron chi connectivity index (χ4n) is 4.51. The number of carbonyl (C=O) groups excluding carboxylic acids is 2. The molecule has 3 N–H and O–H groups in total. The molecule has 3 aromatic rings. The maximum Gasteiger partial charge on any atom is 0.243 e. The highest BCUT2D eigenvalue weighted by Gasteiger charge is 2.33. The molecule has 1 aromatic heterocycles. The van der Waals surface area contributed by atoms with Crippen LogP contribution in [0, 0.1) is 5.92 Å². The number of sulfonamides is 1. The molecule has 2 amide bonds. The molecular weight excluding hydrogens is 548 g/mol. The largest absolute Gasteiger partial charge is 0.390 e. The SMILES string of the molecule is CCCCCN(C[C@@H](O)[C@H](Cc1ccccc1)NC(=O)[C@@H](NC(C)=O)C(C)C)S(=O)(=O)c1ccc2ncsc2c1. The van der Waals surface area contributed by atoms with Crippen molar-refractivity contribution in [2.24, 2.45) is 5.92 Å². The Kier molecular flexibility index (Phi) is 11.6. The third-order valence-electron chi connectivity index (χ3n) is 6.74. The van der Waals surface area contributed by atoms with Crippen molar-refractivity contribution in [3.05, 3.63) is 59.6 Å². The molecule has 0 bridgehead atoms. The maximum absolute atomic E-state index is 13.8. The van der Waals surface area contributed by atoms with Crippen molar-refractivity contribution >= 4 is 43.4 Å². The van der Waals surface area contributed by atoms with Crippen LogP contribution in [0.3, 0.4) is 0 Å². The highest BCUT2D eigenvalue weighted by molar-refractivity contribution is 7.89. The molecule has 40 heavy (non-hydrogen) atoms. The number of carbonyl (C=O) groups is 2. The van der Waals surface area contributed by atoms with Crippen molar-refractivity contribution in [1.29, 1.82) is 0 Å². The summed E-state index contributed by atoms with van der Waals surface area (Å²) >= 11 is 1.37. The van der Waals surface area contributed by atoms with Gasteiger partial charge in [0.2, 0.25) is 21.8 Å². The molecule has 0 saturated heterocycles. The molecule has 0 unspecified atom stereocenters. The van der Waals surface area contributed by atoms with E-state index in [9.17, 15) is 23.1 Å². The Morgan fingerprint density at radius 3 is 2.45 bits per heavy atom. The van der Waals surface area contributed by atoms with Crippen molar-refractivity contribution in [2.45, 2.75) is 76.5 Å². The highest BCUT2D eigenvalue weighted by Crippen LogP contribution is 2.25. The van der Waals surface area contributed by atoms with Gasteiger partial charge >= 0.3 is 0 Å². The monoisotopic (exact) mass is 588 g/mol. The third kappa shape index (κ3) is 8.57. The summed E-state index contributed by atoms with van der Waals surface area (Å²) in [7, 11) is -3.94. The van der Waals surface area contributed by atoms with Gasteiger partial charge in [0.1, 0.15) is 6.04 Å².